The fourth-order valence-electron chi connectivity index (χ4n) is 4.73. The Hall–Kier alpha value is -2.06. The van der Waals surface area contributed by atoms with Crippen molar-refractivity contribution in [2.75, 3.05) is 54.1 Å². The van der Waals surface area contributed by atoms with Crippen molar-refractivity contribution in [3.05, 3.63) is 72.9 Å². The molecule has 0 saturated carbocycles. The van der Waals surface area contributed by atoms with Crippen LogP contribution in [0.1, 0.15) is 129 Å². The van der Waals surface area contributed by atoms with Crippen molar-refractivity contribution in [3.8, 4) is 0 Å². The van der Waals surface area contributed by atoms with Crippen LogP contribution in [-0.4, -0.2) is 75.6 Å². The number of phosphoric acid groups is 1. The van der Waals surface area contributed by atoms with Crippen LogP contribution in [-0.2, 0) is 27.9 Å². The van der Waals surface area contributed by atoms with Crippen LogP contribution < -0.4 is 0 Å². The van der Waals surface area contributed by atoms with Crippen molar-refractivity contribution < 1.29 is 37.3 Å². The van der Waals surface area contributed by atoms with Gasteiger partial charge in [0, 0.05) is 13.0 Å². The summed E-state index contributed by atoms with van der Waals surface area (Å²) in [7, 11) is 1.64. The molecule has 0 radical (unpaired) electrons. The molecule has 0 heterocycles. The molecule has 294 valence electrons. The lowest BCUT2D eigenvalue weighted by Gasteiger charge is -2.24. The zero-order valence-corrected chi connectivity index (χ0v) is 34.0. The summed E-state index contributed by atoms with van der Waals surface area (Å²) in [5.74, 6) is -0.347. The average Bonchev–Trinajstić information content (AvgIpc) is 3.07. The van der Waals surface area contributed by atoms with Crippen molar-refractivity contribution >= 4 is 13.8 Å². The van der Waals surface area contributed by atoms with Gasteiger partial charge in [0.15, 0.2) is 0 Å². The summed E-state index contributed by atoms with van der Waals surface area (Å²) in [5, 5.41) is 0. The molecule has 51 heavy (non-hydrogen) atoms. The minimum Gasteiger partial charge on any atom is -0.457 e. The molecule has 0 aliphatic heterocycles. The van der Waals surface area contributed by atoms with Gasteiger partial charge in [-0.25, -0.2) is 4.57 Å². The van der Waals surface area contributed by atoms with Crippen molar-refractivity contribution in [3.63, 3.8) is 0 Å². The molecular weight excluding hydrogens is 661 g/mol. The van der Waals surface area contributed by atoms with E-state index in [0.717, 1.165) is 77.0 Å². The number of phosphoric ester groups is 1. The molecule has 0 aliphatic carbocycles. The summed E-state index contributed by atoms with van der Waals surface area (Å²) in [4.78, 5) is 22.3. The lowest BCUT2D eigenvalue weighted by Crippen LogP contribution is -2.37. The molecule has 1 N–H and O–H groups in total. The molecule has 0 rings (SSSR count). The van der Waals surface area contributed by atoms with E-state index in [1.54, 1.807) is 0 Å². The van der Waals surface area contributed by atoms with E-state index in [0.29, 0.717) is 24.1 Å². The van der Waals surface area contributed by atoms with Gasteiger partial charge in [-0.1, -0.05) is 132 Å². The van der Waals surface area contributed by atoms with Crippen molar-refractivity contribution in [2.45, 2.75) is 136 Å². The molecule has 2 unspecified atom stereocenters. The van der Waals surface area contributed by atoms with Gasteiger partial charge in [-0.05, 0) is 64.2 Å². The summed E-state index contributed by atoms with van der Waals surface area (Å²) >= 11 is 0. The monoisotopic (exact) mass is 737 g/mol. The van der Waals surface area contributed by atoms with E-state index in [1.165, 1.54) is 32.1 Å². The van der Waals surface area contributed by atoms with E-state index in [4.69, 9.17) is 18.5 Å². The smallest absolute Gasteiger partial charge is 0.457 e. The van der Waals surface area contributed by atoms with Gasteiger partial charge in [0.05, 0.1) is 34.4 Å². The number of carbonyl (C=O) groups is 1. The third-order valence-corrected chi connectivity index (χ3v) is 8.77. The molecule has 0 bridgehead atoms. The summed E-state index contributed by atoms with van der Waals surface area (Å²) < 4.78 is 34.4. The molecule has 0 aromatic carbocycles. The Balaban J connectivity index is 3.96. The second kappa shape index (κ2) is 35.0. The Morgan fingerprint density at radius 3 is 1.67 bits per heavy atom. The molecule has 9 heteroatoms. The van der Waals surface area contributed by atoms with E-state index in [9.17, 15) is 14.3 Å². The largest absolute Gasteiger partial charge is 0.472 e. The highest BCUT2D eigenvalue weighted by Gasteiger charge is 2.26. The first-order valence-electron chi connectivity index (χ1n) is 19.7. The van der Waals surface area contributed by atoms with Crippen LogP contribution in [0.5, 0.6) is 0 Å². The number of allylic oxidation sites excluding steroid dienone is 12. The number of hydrogen-bond acceptors (Lipinski definition) is 6. The first-order valence-corrected chi connectivity index (χ1v) is 21.2. The number of nitrogens with zero attached hydrogens (tertiary/aromatic N) is 1. The van der Waals surface area contributed by atoms with Gasteiger partial charge in [-0.3, -0.25) is 13.8 Å². The zero-order valence-electron chi connectivity index (χ0n) is 33.1. The quantitative estimate of drug-likeness (QED) is 0.0228. The predicted octanol–water partition coefficient (Wildman–Crippen LogP) is 11.2. The Labute approximate surface area is 312 Å². The molecule has 0 aromatic rings. The summed E-state index contributed by atoms with van der Waals surface area (Å²) in [6.07, 6.45) is 44.5. The minimum atomic E-state index is -4.26. The fraction of sp³-hybridized carbons (Fsp3) is 0.690. The molecular formula is C42H75NO7P+. The topological polar surface area (TPSA) is 91.3 Å². The van der Waals surface area contributed by atoms with Crippen LogP contribution >= 0.6 is 7.82 Å². The molecule has 0 amide bonds. The summed E-state index contributed by atoms with van der Waals surface area (Å²) in [6.45, 7) is 5.27. The number of hydrogen-bond donors (Lipinski definition) is 1. The summed E-state index contributed by atoms with van der Waals surface area (Å²) in [5.41, 5.74) is 0. The maximum absolute atomic E-state index is 12.3. The molecule has 0 aliphatic rings. The van der Waals surface area contributed by atoms with E-state index in [1.807, 2.05) is 21.1 Å². The van der Waals surface area contributed by atoms with Crippen LogP contribution in [0.15, 0.2) is 72.9 Å². The second-order valence-electron chi connectivity index (χ2n) is 13.9. The van der Waals surface area contributed by atoms with Gasteiger partial charge in [-0.15, -0.1) is 0 Å². The Morgan fingerprint density at radius 1 is 0.627 bits per heavy atom. The Kier molecular flexibility index (Phi) is 33.6. The number of likely N-dealkylation sites (N-methyl/N-ethyl adjacent to an activating group) is 1. The first-order chi connectivity index (χ1) is 24.6. The highest BCUT2D eigenvalue weighted by molar-refractivity contribution is 7.47. The standard InChI is InChI=1S/C42H74NO7P/c1-6-8-10-11-12-13-14-15-16-17-18-19-20-21-22-23-24-25-26-27-28-29-30-31-32-34-37-47-39-41(50-42(44)35-33-9-7-2)40-49-51(45,46)48-38-36-43(3,4)5/h8,10,12-13,15-16,18-19,21-22,24-25,41H,6-7,9,11,14,17,20,23,26-40H2,1-5H3/p+1/b10-8-,13-12-,16-15-,19-18-,22-21-,25-24-. The first kappa shape index (κ1) is 48.9. The van der Waals surface area contributed by atoms with Crippen molar-refractivity contribution in [1.82, 2.24) is 0 Å². The number of carbonyl (C=O) groups excluding carboxylic acids is 1. The number of esters is 1. The van der Waals surface area contributed by atoms with E-state index < -0.39 is 13.9 Å². The third kappa shape index (κ3) is 39.0. The van der Waals surface area contributed by atoms with Crippen LogP contribution in [0.2, 0.25) is 0 Å². The maximum atomic E-state index is 12.3. The lowest BCUT2D eigenvalue weighted by atomic mass is 10.1. The molecule has 0 aromatic heterocycles. The van der Waals surface area contributed by atoms with Gasteiger partial charge in [-0.2, -0.15) is 0 Å². The number of quaternary nitrogens is 1. The lowest BCUT2D eigenvalue weighted by molar-refractivity contribution is -0.870. The van der Waals surface area contributed by atoms with E-state index in [-0.39, 0.29) is 25.8 Å². The van der Waals surface area contributed by atoms with Crippen LogP contribution in [0.3, 0.4) is 0 Å². The van der Waals surface area contributed by atoms with Gasteiger partial charge in [0.25, 0.3) is 0 Å². The number of ether oxygens (including phenoxy) is 2. The fourth-order valence-corrected chi connectivity index (χ4v) is 5.47. The second-order valence-corrected chi connectivity index (χ2v) is 15.4. The molecule has 0 saturated heterocycles. The molecule has 0 spiro atoms. The average molecular weight is 737 g/mol. The van der Waals surface area contributed by atoms with E-state index in [2.05, 4.69) is 86.8 Å². The van der Waals surface area contributed by atoms with Crippen LogP contribution in [0.4, 0.5) is 0 Å². The van der Waals surface area contributed by atoms with Gasteiger partial charge < -0.3 is 18.9 Å². The maximum Gasteiger partial charge on any atom is 0.472 e. The predicted molar refractivity (Wildman–Crippen MR) is 215 cm³/mol. The Bertz CT molecular complexity index is 1040. The van der Waals surface area contributed by atoms with Crippen molar-refractivity contribution in [1.29, 1.82) is 0 Å². The van der Waals surface area contributed by atoms with Gasteiger partial charge in [0.2, 0.25) is 0 Å². The van der Waals surface area contributed by atoms with Crippen LogP contribution in [0.25, 0.3) is 0 Å². The highest BCUT2D eigenvalue weighted by Crippen LogP contribution is 2.43. The van der Waals surface area contributed by atoms with E-state index >= 15 is 0 Å². The SMILES string of the molecule is CC/C=C\C/C=C\C/C=C\C/C=C\C/C=C\C/C=C\CCCCCCCCCOCC(COP(=O)(O)OCC[N+](C)(C)C)OC(=O)CCCCC. The van der Waals surface area contributed by atoms with Crippen molar-refractivity contribution in [2.24, 2.45) is 0 Å². The number of rotatable bonds is 35. The van der Waals surface area contributed by atoms with Crippen LogP contribution in [0, 0.1) is 0 Å². The normalized spacial score (nSPS) is 14.7. The highest BCUT2D eigenvalue weighted by atomic mass is 31.2. The minimum absolute atomic E-state index is 0.0821. The Morgan fingerprint density at radius 2 is 1.14 bits per heavy atom. The molecule has 8 nitrogen and oxygen atoms in total. The molecule has 0 fully saturated rings. The third-order valence-electron chi connectivity index (χ3n) is 7.78. The molecule has 2 atom stereocenters. The van der Waals surface area contributed by atoms with Gasteiger partial charge >= 0.3 is 13.8 Å². The zero-order chi connectivity index (χ0) is 37.7. The van der Waals surface area contributed by atoms with Gasteiger partial charge in [0.1, 0.15) is 19.3 Å². The number of unbranched alkanes of at least 4 members (excludes halogenated alkanes) is 9. The summed E-state index contributed by atoms with van der Waals surface area (Å²) in [6, 6.07) is 0.